The molecule has 4 aromatic carbocycles. The van der Waals surface area contributed by atoms with E-state index in [-0.39, 0.29) is 12.3 Å². The molecular weight excluding hydrogens is 680 g/mol. The number of benzene rings is 4. The molecular formula is C38H35ClN2O10. The summed E-state index contributed by atoms with van der Waals surface area (Å²) in [7, 11) is 0. The van der Waals surface area contributed by atoms with Crippen LogP contribution in [0, 0.1) is 13.8 Å². The van der Waals surface area contributed by atoms with Crippen molar-refractivity contribution in [2.24, 2.45) is 0 Å². The lowest BCUT2D eigenvalue weighted by Crippen LogP contribution is -2.37. The Hall–Kier alpha value is -6.14. The number of carbonyl (C=O) groups is 4. The SMILES string of the molecule is CC(=O)Oc1cccc(OC(=O)Cl)c1.Cc1cccc(OC(=O)N(CC(=O)O)Cc2cccc(OCCc3nc(-c4ccccc4)oc3C)c2)c1. The summed E-state index contributed by atoms with van der Waals surface area (Å²) in [5, 5.41) is 9.31. The molecule has 0 bridgehead atoms. The Morgan fingerprint density at radius 2 is 1.43 bits per heavy atom. The van der Waals surface area contributed by atoms with E-state index in [1.807, 2.05) is 50.2 Å². The molecule has 1 heterocycles. The molecule has 1 aromatic heterocycles. The topological polar surface area (TPSA) is 155 Å². The number of ether oxygens (including phenoxy) is 4. The van der Waals surface area contributed by atoms with Crippen LogP contribution in [0.3, 0.4) is 0 Å². The summed E-state index contributed by atoms with van der Waals surface area (Å²) in [6, 6.07) is 29.9. The van der Waals surface area contributed by atoms with E-state index in [9.17, 15) is 24.3 Å². The molecule has 0 saturated carbocycles. The Morgan fingerprint density at radius 1 is 0.784 bits per heavy atom. The fraction of sp³-hybridized carbons (Fsp3) is 0.184. The molecule has 0 aliphatic carbocycles. The van der Waals surface area contributed by atoms with Gasteiger partial charge in [-0.05, 0) is 73.5 Å². The third kappa shape index (κ3) is 12.7. The van der Waals surface area contributed by atoms with E-state index in [1.165, 1.54) is 19.1 Å². The molecule has 12 nitrogen and oxygen atoms in total. The summed E-state index contributed by atoms with van der Waals surface area (Å²) < 4.78 is 26.5. The second kappa shape index (κ2) is 18.6. The van der Waals surface area contributed by atoms with Crippen molar-refractivity contribution in [3.05, 3.63) is 126 Å². The van der Waals surface area contributed by atoms with Gasteiger partial charge in [-0.2, -0.15) is 0 Å². The molecule has 264 valence electrons. The predicted molar refractivity (Wildman–Crippen MR) is 187 cm³/mol. The molecule has 1 amide bonds. The van der Waals surface area contributed by atoms with Gasteiger partial charge in [-0.15, -0.1) is 0 Å². The quantitative estimate of drug-likeness (QED) is 0.0759. The zero-order valence-corrected chi connectivity index (χ0v) is 28.8. The first-order chi connectivity index (χ1) is 24.4. The molecule has 1 N–H and O–H groups in total. The highest BCUT2D eigenvalue weighted by molar-refractivity contribution is 6.61. The number of rotatable bonds is 12. The van der Waals surface area contributed by atoms with Crippen LogP contribution in [-0.2, 0) is 22.6 Å². The van der Waals surface area contributed by atoms with Gasteiger partial charge < -0.3 is 28.5 Å². The van der Waals surface area contributed by atoms with Crippen molar-refractivity contribution >= 4 is 35.1 Å². The van der Waals surface area contributed by atoms with Crippen LogP contribution in [0.2, 0.25) is 0 Å². The van der Waals surface area contributed by atoms with Crippen molar-refractivity contribution in [2.45, 2.75) is 33.7 Å². The van der Waals surface area contributed by atoms with Crippen molar-refractivity contribution in [1.29, 1.82) is 0 Å². The zero-order chi connectivity index (χ0) is 36.8. The minimum atomic E-state index is -1.13. The van der Waals surface area contributed by atoms with Crippen LogP contribution in [0.1, 0.15) is 29.5 Å². The number of hydrogen-bond acceptors (Lipinski definition) is 10. The van der Waals surface area contributed by atoms with Crippen molar-refractivity contribution in [3.8, 4) is 34.5 Å². The molecule has 0 atom stereocenters. The first-order valence-corrected chi connectivity index (χ1v) is 16.0. The van der Waals surface area contributed by atoms with E-state index in [2.05, 4.69) is 9.72 Å². The maximum absolute atomic E-state index is 12.7. The largest absolute Gasteiger partial charge is 0.493 e. The lowest BCUT2D eigenvalue weighted by atomic mass is 10.2. The summed E-state index contributed by atoms with van der Waals surface area (Å²) in [4.78, 5) is 50.8. The van der Waals surface area contributed by atoms with Gasteiger partial charge in [-0.1, -0.05) is 48.5 Å². The molecule has 0 saturated heterocycles. The van der Waals surface area contributed by atoms with Gasteiger partial charge in [-0.3, -0.25) is 14.5 Å². The van der Waals surface area contributed by atoms with Crippen LogP contribution >= 0.6 is 11.6 Å². The van der Waals surface area contributed by atoms with Gasteiger partial charge in [-0.25, -0.2) is 14.6 Å². The second-order valence-electron chi connectivity index (χ2n) is 11.0. The van der Waals surface area contributed by atoms with E-state index >= 15 is 0 Å². The number of aliphatic carboxylic acids is 1. The summed E-state index contributed by atoms with van der Waals surface area (Å²) in [5.41, 5.74) is 2.43. The molecule has 5 rings (SSSR count). The summed E-state index contributed by atoms with van der Waals surface area (Å²) in [6.45, 7) is 4.97. The summed E-state index contributed by atoms with van der Waals surface area (Å²) >= 11 is 5.00. The van der Waals surface area contributed by atoms with Gasteiger partial charge >= 0.3 is 23.5 Å². The summed E-state index contributed by atoms with van der Waals surface area (Å²) in [6.07, 6.45) is -0.185. The van der Waals surface area contributed by atoms with Gasteiger partial charge in [0.1, 0.15) is 35.3 Å². The van der Waals surface area contributed by atoms with E-state index in [1.54, 1.807) is 54.6 Å². The Balaban J connectivity index is 0.000000349. The molecule has 5 aromatic rings. The number of nitrogens with zero attached hydrogens (tertiary/aromatic N) is 2. The van der Waals surface area contributed by atoms with E-state index in [0.717, 1.165) is 27.5 Å². The van der Waals surface area contributed by atoms with Crippen molar-refractivity contribution in [2.75, 3.05) is 13.2 Å². The van der Waals surface area contributed by atoms with E-state index < -0.39 is 30.0 Å². The minimum absolute atomic E-state index is 0.0526. The van der Waals surface area contributed by atoms with Crippen molar-refractivity contribution < 1.29 is 47.6 Å². The van der Waals surface area contributed by atoms with Crippen molar-refractivity contribution in [1.82, 2.24) is 9.88 Å². The fourth-order valence-corrected chi connectivity index (χ4v) is 4.73. The molecule has 0 fully saturated rings. The second-order valence-corrected chi connectivity index (χ2v) is 11.3. The fourth-order valence-electron chi connectivity index (χ4n) is 4.64. The molecule has 0 unspecified atom stereocenters. The highest BCUT2D eigenvalue weighted by Crippen LogP contribution is 2.23. The number of aryl methyl sites for hydroxylation is 2. The number of hydrogen-bond donors (Lipinski definition) is 1. The van der Waals surface area contributed by atoms with Gasteiger partial charge in [0, 0.05) is 43.1 Å². The third-order valence-corrected chi connectivity index (χ3v) is 6.91. The molecule has 0 radical (unpaired) electrons. The molecule has 0 aliphatic heterocycles. The van der Waals surface area contributed by atoms with Gasteiger partial charge in [0.2, 0.25) is 5.89 Å². The Morgan fingerprint density at radius 3 is 2.10 bits per heavy atom. The predicted octanol–water partition coefficient (Wildman–Crippen LogP) is 8.02. The number of carboxylic acid groups (broad SMARTS) is 1. The minimum Gasteiger partial charge on any atom is -0.493 e. The smallest absolute Gasteiger partial charge is 0.416 e. The third-order valence-electron chi connectivity index (χ3n) is 6.84. The first-order valence-electron chi connectivity index (χ1n) is 15.6. The van der Waals surface area contributed by atoms with E-state index in [0.29, 0.717) is 41.7 Å². The number of aromatic nitrogens is 1. The number of amides is 1. The number of esters is 1. The highest BCUT2D eigenvalue weighted by atomic mass is 35.5. The van der Waals surface area contributed by atoms with Gasteiger partial charge in [0.15, 0.2) is 0 Å². The molecule has 0 spiro atoms. The van der Waals surface area contributed by atoms with Gasteiger partial charge in [0.05, 0.1) is 12.3 Å². The first kappa shape index (κ1) is 37.7. The van der Waals surface area contributed by atoms with Crippen LogP contribution in [0.5, 0.6) is 23.0 Å². The summed E-state index contributed by atoms with van der Waals surface area (Å²) in [5.74, 6) is 1.22. The maximum Gasteiger partial charge on any atom is 0.416 e. The lowest BCUT2D eigenvalue weighted by molar-refractivity contribution is -0.138. The average Bonchev–Trinajstić information content (AvgIpc) is 3.45. The number of oxazole rings is 1. The molecule has 13 heteroatoms. The monoisotopic (exact) mass is 714 g/mol. The zero-order valence-electron chi connectivity index (χ0n) is 28.0. The number of halogens is 1. The maximum atomic E-state index is 12.7. The number of carboxylic acids is 1. The highest BCUT2D eigenvalue weighted by Gasteiger charge is 2.20. The van der Waals surface area contributed by atoms with Crippen LogP contribution < -0.4 is 18.9 Å². The van der Waals surface area contributed by atoms with Crippen LogP contribution in [0.4, 0.5) is 9.59 Å². The van der Waals surface area contributed by atoms with Crippen LogP contribution in [0.25, 0.3) is 11.5 Å². The Labute approximate surface area is 299 Å². The molecule has 0 aliphatic rings. The normalized spacial score (nSPS) is 10.3. The standard InChI is InChI=1S/C29H28N2O6.C9H7ClO4/c1-20-8-6-13-25(16-20)37-29(34)31(19-27(32)33)18-22-9-7-12-24(17-22)35-15-14-26-21(2)36-28(30-26)23-10-4-3-5-11-23;1-6(11)13-7-3-2-4-8(5-7)14-9(10)12/h3-13,16-17H,14-15,18-19H2,1-2H3,(H,32,33);2-5H,1H3. The average molecular weight is 715 g/mol. The van der Waals surface area contributed by atoms with E-state index in [4.69, 9.17) is 30.2 Å². The van der Waals surface area contributed by atoms with Crippen LogP contribution in [0.15, 0.2) is 108 Å². The lowest BCUT2D eigenvalue weighted by Gasteiger charge is -2.20. The van der Waals surface area contributed by atoms with Gasteiger partial charge in [0.25, 0.3) is 0 Å². The Bertz CT molecular complexity index is 1930. The number of carbonyl (C=O) groups excluding carboxylic acids is 3. The van der Waals surface area contributed by atoms with Crippen LogP contribution in [-0.4, -0.2) is 51.6 Å². The Kier molecular flexibility index (Phi) is 13.7. The molecule has 51 heavy (non-hydrogen) atoms. The van der Waals surface area contributed by atoms with Crippen molar-refractivity contribution in [3.63, 3.8) is 0 Å².